The molecule has 5 heteroatoms. The smallest absolute Gasteiger partial charge is 0.166 e. The Hall–Kier alpha value is -1.46. The fourth-order valence-electron chi connectivity index (χ4n) is 2.01. The Morgan fingerprint density at radius 3 is 2.48 bits per heavy atom. The quantitative estimate of drug-likeness (QED) is 0.851. The van der Waals surface area contributed by atoms with Gasteiger partial charge in [0.1, 0.15) is 11.9 Å². The van der Waals surface area contributed by atoms with E-state index >= 15 is 0 Å². The van der Waals surface area contributed by atoms with E-state index < -0.39 is 23.8 Å². The fraction of sp³-hybridized carbons (Fsp3) is 0.250. The molecule has 0 heterocycles. The van der Waals surface area contributed by atoms with Gasteiger partial charge in [-0.25, -0.2) is 8.78 Å². The van der Waals surface area contributed by atoms with Crippen LogP contribution in [0.5, 0.6) is 5.75 Å². The van der Waals surface area contributed by atoms with Crippen LogP contribution in [0.2, 0.25) is 0 Å². The monoisotopic (exact) mass is 355 g/mol. The molecule has 0 saturated heterocycles. The number of hydrogen-bond donors (Lipinski definition) is 1. The zero-order valence-corrected chi connectivity index (χ0v) is 13.1. The number of halogens is 3. The van der Waals surface area contributed by atoms with Gasteiger partial charge in [-0.1, -0.05) is 41.1 Å². The predicted octanol–water partition coefficient (Wildman–Crippen LogP) is 4.58. The van der Waals surface area contributed by atoms with Crippen molar-refractivity contribution < 1.29 is 13.5 Å². The molecule has 21 heavy (non-hydrogen) atoms. The minimum atomic E-state index is -0.744. The average Bonchev–Trinajstić information content (AvgIpc) is 2.47. The number of hydrogen-bond acceptors (Lipinski definition) is 2. The summed E-state index contributed by atoms with van der Waals surface area (Å²) in [6, 6.07) is 10.3. The summed E-state index contributed by atoms with van der Waals surface area (Å²) in [4.78, 5) is 0. The summed E-state index contributed by atoms with van der Waals surface area (Å²) in [5.41, 5.74) is 6.35. The van der Waals surface area contributed by atoms with Crippen molar-refractivity contribution in [3.05, 3.63) is 64.1 Å². The van der Waals surface area contributed by atoms with Crippen molar-refractivity contribution in [2.24, 2.45) is 5.73 Å². The van der Waals surface area contributed by atoms with Gasteiger partial charge in [-0.2, -0.15) is 0 Å². The maximum absolute atomic E-state index is 14.0. The second-order valence-electron chi connectivity index (χ2n) is 4.71. The van der Waals surface area contributed by atoms with Crippen LogP contribution in [0, 0.1) is 11.6 Å². The standard InChI is InChI=1S/C16H16BrF2NO/c1-2-14(20)16(11-5-3-4-6-12(11)18)21-15-8-7-10(17)9-13(15)19/h3-9,14,16H,2,20H2,1H3. The molecule has 0 spiro atoms. The van der Waals surface area contributed by atoms with E-state index in [0.717, 1.165) is 0 Å². The van der Waals surface area contributed by atoms with Crippen molar-refractivity contribution >= 4 is 15.9 Å². The third-order valence-electron chi connectivity index (χ3n) is 3.22. The molecule has 2 N–H and O–H groups in total. The molecule has 2 aromatic carbocycles. The van der Waals surface area contributed by atoms with Crippen LogP contribution in [0.3, 0.4) is 0 Å². The van der Waals surface area contributed by atoms with E-state index in [4.69, 9.17) is 10.5 Å². The van der Waals surface area contributed by atoms with E-state index in [2.05, 4.69) is 15.9 Å². The molecule has 2 aromatic rings. The average molecular weight is 356 g/mol. The van der Waals surface area contributed by atoms with E-state index in [1.807, 2.05) is 6.92 Å². The third-order valence-corrected chi connectivity index (χ3v) is 3.71. The van der Waals surface area contributed by atoms with Crippen LogP contribution in [-0.2, 0) is 0 Å². The highest BCUT2D eigenvalue weighted by molar-refractivity contribution is 9.10. The Bertz CT molecular complexity index is 621. The Kier molecular flexibility index (Phi) is 5.31. The molecule has 0 saturated carbocycles. The first kappa shape index (κ1) is 15.9. The molecule has 2 atom stereocenters. The first-order chi connectivity index (χ1) is 10.0. The van der Waals surface area contributed by atoms with E-state index in [1.165, 1.54) is 18.2 Å². The van der Waals surface area contributed by atoms with E-state index in [1.54, 1.807) is 24.3 Å². The Morgan fingerprint density at radius 1 is 1.14 bits per heavy atom. The van der Waals surface area contributed by atoms with Gasteiger partial charge in [0, 0.05) is 16.1 Å². The normalized spacial score (nSPS) is 13.8. The lowest BCUT2D eigenvalue weighted by atomic mass is 10.00. The SMILES string of the molecule is CCC(N)C(Oc1ccc(Br)cc1F)c1ccccc1F. The van der Waals surface area contributed by atoms with Crippen molar-refractivity contribution in [2.45, 2.75) is 25.5 Å². The van der Waals surface area contributed by atoms with Crippen LogP contribution in [0.15, 0.2) is 46.9 Å². The van der Waals surface area contributed by atoms with Gasteiger partial charge < -0.3 is 10.5 Å². The van der Waals surface area contributed by atoms with Gasteiger partial charge in [-0.15, -0.1) is 0 Å². The van der Waals surface area contributed by atoms with Gasteiger partial charge in [-0.05, 0) is 30.7 Å². The number of nitrogens with two attached hydrogens (primary N) is 1. The van der Waals surface area contributed by atoms with Crippen LogP contribution in [0.25, 0.3) is 0 Å². The van der Waals surface area contributed by atoms with Crippen molar-refractivity contribution in [1.82, 2.24) is 0 Å². The van der Waals surface area contributed by atoms with Crippen LogP contribution in [0.1, 0.15) is 25.0 Å². The third kappa shape index (κ3) is 3.80. The Labute approximate surface area is 131 Å². The van der Waals surface area contributed by atoms with Crippen molar-refractivity contribution in [3.8, 4) is 5.75 Å². The molecular weight excluding hydrogens is 340 g/mol. The zero-order valence-electron chi connectivity index (χ0n) is 11.5. The second kappa shape index (κ2) is 7.00. The zero-order chi connectivity index (χ0) is 15.4. The summed E-state index contributed by atoms with van der Waals surface area (Å²) in [5.74, 6) is -0.881. The summed E-state index contributed by atoms with van der Waals surface area (Å²) in [6.45, 7) is 1.87. The lowest BCUT2D eigenvalue weighted by molar-refractivity contribution is 0.159. The summed E-state index contributed by atoms with van der Waals surface area (Å²) in [7, 11) is 0. The molecule has 0 aliphatic carbocycles. The predicted molar refractivity (Wildman–Crippen MR) is 82.1 cm³/mol. The summed E-state index contributed by atoms with van der Waals surface area (Å²) < 4.78 is 34.1. The van der Waals surface area contributed by atoms with Gasteiger partial charge in [0.25, 0.3) is 0 Å². The minimum absolute atomic E-state index is 0.0513. The molecule has 0 aliphatic rings. The number of ether oxygens (including phenoxy) is 1. The highest BCUT2D eigenvalue weighted by Gasteiger charge is 2.24. The maximum atomic E-state index is 14.0. The second-order valence-corrected chi connectivity index (χ2v) is 5.62. The first-order valence-electron chi connectivity index (χ1n) is 6.64. The molecule has 2 unspecified atom stereocenters. The molecular formula is C16H16BrF2NO. The lowest BCUT2D eigenvalue weighted by Gasteiger charge is -2.25. The minimum Gasteiger partial charge on any atom is -0.481 e. The Morgan fingerprint density at radius 2 is 1.86 bits per heavy atom. The molecule has 0 fully saturated rings. The molecule has 112 valence electrons. The van der Waals surface area contributed by atoms with Crippen molar-refractivity contribution in [3.63, 3.8) is 0 Å². The van der Waals surface area contributed by atoms with Crippen LogP contribution >= 0.6 is 15.9 Å². The highest BCUT2D eigenvalue weighted by Crippen LogP contribution is 2.30. The number of rotatable bonds is 5. The molecule has 0 radical (unpaired) electrons. The van der Waals surface area contributed by atoms with Gasteiger partial charge in [-0.3, -0.25) is 0 Å². The Balaban J connectivity index is 2.35. The maximum Gasteiger partial charge on any atom is 0.166 e. The number of benzene rings is 2. The van der Waals surface area contributed by atoms with Gasteiger partial charge in [0.2, 0.25) is 0 Å². The highest BCUT2D eigenvalue weighted by atomic mass is 79.9. The van der Waals surface area contributed by atoms with Crippen molar-refractivity contribution in [1.29, 1.82) is 0 Å². The van der Waals surface area contributed by atoms with E-state index in [9.17, 15) is 8.78 Å². The lowest BCUT2D eigenvalue weighted by Crippen LogP contribution is -2.32. The van der Waals surface area contributed by atoms with E-state index in [-0.39, 0.29) is 5.75 Å². The van der Waals surface area contributed by atoms with Crippen LogP contribution in [-0.4, -0.2) is 6.04 Å². The fourth-order valence-corrected chi connectivity index (χ4v) is 2.34. The molecule has 0 amide bonds. The van der Waals surface area contributed by atoms with Crippen LogP contribution in [0.4, 0.5) is 8.78 Å². The summed E-state index contributed by atoms with van der Waals surface area (Å²) >= 11 is 3.18. The first-order valence-corrected chi connectivity index (χ1v) is 7.44. The summed E-state index contributed by atoms with van der Waals surface area (Å²) in [6.07, 6.45) is -0.163. The van der Waals surface area contributed by atoms with Gasteiger partial charge in [0.15, 0.2) is 11.6 Å². The van der Waals surface area contributed by atoms with Crippen molar-refractivity contribution in [2.75, 3.05) is 0 Å². The largest absolute Gasteiger partial charge is 0.481 e. The molecule has 0 aliphatic heterocycles. The summed E-state index contributed by atoms with van der Waals surface area (Å²) in [5, 5.41) is 0. The van der Waals surface area contributed by atoms with Gasteiger partial charge >= 0.3 is 0 Å². The molecule has 2 nitrogen and oxygen atoms in total. The van der Waals surface area contributed by atoms with Crippen LogP contribution < -0.4 is 10.5 Å². The van der Waals surface area contributed by atoms with E-state index in [0.29, 0.717) is 16.5 Å². The van der Waals surface area contributed by atoms with Gasteiger partial charge in [0.05, 0.1) is 0 Å². The molecule has 0 aromatic heterocycles. The molecule has 2 rings (SSSR count). The topological polar surface area (TPSA) is 35.2 Å². The molecule has 0 bridgehead atoms.